The van der Waals surface area contributed by atoms with Gasteiger partial charge in [-0.25, -0.2) is 13.1 Å². The molecule has 3 aromatic rings. The van der Waals surface area contributed by atoms with Crippen molar-refractivity contribution in [3.63, 3.8) is 0 Å². The van der Waals surface area contributed by atoms with Gasteiger partial charge in [0, 0.05) is 0 Å². The van der Waals surface area contributed by atoms with Crippen LogP contribution in [0, 0.1) is 0 Å². The predicted octanol–water partition coefficient (Wildman–Crippen LogP) is 3.35. The fourth-order valence-electron chi connectivity index (χ4n) is 2.99. The molecule has 0 saturated heterocycles. The highest BCUT2D eigenvalue weighted by atomic mass is 32.2. The maximum Gasteiger partial charge on any atom is 0.321 e. The Hall–Kier alpha value is -2.70. The Morgan fingerprint density at radius 1 is 0.889 bits per heavy atom. The van der Waals surface area contributed by atoms with E-state index in [1.165, 1.54) is 0 Å². The van der Waals surface area contributed by atoms with Gasteiger partial charge in [-0.1, -0.05) is 72.8 Å². The van der Waals surface area contributed by atoms with E-state index in [-0.39, 0.29) is 12.2 Å². The van der Waals surface area contributed by atoms with Crippen LogP contribution in [0.5, 0.6) is 0 Å². The third-order valence-corrected chi connectivity index (χ3v) is 5.71. The molecule has 0 aromatic heterocycles. The number of nitrogens with one attached hydrogen (secondary N) is 1. The first-order valence-electron chi connectivity index (χ1n) is 8.67. The van der Waals surface area contributed by atoms with Crippen LogP contribution >= 0.6 is 0 Å². The molecule has 0 unspecified atom stereocenters. The second kappa shape index (κ2) is 8.33. The Bertz CT molecular complexity index is 1030. The van der Waals surface area contributed by atoms with Crippen molar-refractivity contribution < 1.29 is 18.3 Å². The van der Waals surface area contributed by atoms with Crippen molar-refractivity contribution in [2.45, 2.75) is 24.6 Å². The molecule has 140 valence electrons. The molecule has 0 aliphatic rings. The topological polar surface area (TPSA) is 83.5 Å². The molecule has 0 fully saturated rings. The Labute approximate surface area is 158 Å². The summed E-state index contributed by atoms with van der Waals surface area (Å²) in [6.45, 7) is 0. The summed E-state index contributed by atoms with van der Waals surface area (Å²) in [6, 6.07) is 21.4. The maximum absolute atomic E-state index is 12.5. The van der Waals surface area contributed by atoms with Crippen LogP contribution in [-0.2, 0) is 27.0 Å². The molecule has 0 spiro atoms. The van der Waals surface area contributed by atoms with Gasteiger partial charge in [-0.3, -0.25) is 4.79 Å². The van der Waals surface area contributed by atoms with E-state index in [2.05, 4.69) is 4.72 Å². The summed E-state index contributed by atoms with van der Waals surface area (Å²) in [5, 5.41) is 11.4. The lowest BCUT2D eigenvalue weighted by Crippen LogP contribution is -2.41. The molecule has 0 saturated carbocycles. The molecule has 0 aliphatic carbocycles. The number of fused-ring (bicyclic) bond motifs is 1. The van der Waals surface area contributed by atoms with Crippen LogP contribution in [0.2, 0.25) is 0 Å². The van der Waals surface area contributed by atoms with Gasteiger partial charge in [0.15, 0.2) is 0 Å². The minimum Gasteiger partial charge on any atom is -0.480 e. The van der Waals surface area contributed by atoms with E-state index in [0.29, 0.717) is 12.0 Å². The minimum absolute atomic E-state index is 0.191. The summed E-state index contributed by atoms with van der Waals surface area (Å²) in [4.78, 5) is 11.5. The molecule has 1 atom stereocenters. The van der Waals surface area contributed by atoms with Crippen LogP contribution in [0.1, 0.15) is 17.5 Å². The van der Waals surface area contributed by atoms with Crippen molar-refractivity contribution in [2.24, 2.45) is 0 Å². The highest BCUT2D eigenvalue weighted by Crippen LogP contribution is 2.17. The first-order valence-corrected chi connectivity index (χ1v) is 10.3. The Balaban J connectivity index is 1.69. The second-order valence-electron chi connectivity index (χ2n) is 6.47. The first kappa shape index (κ1) is 19.1. The van der Waals surface area contributed by atoms with Crippen molar-refractivity contribution in [3.05, 3.63) is 83.9 Å². The average molecular weight is 383 g/mol. The van der Waals surface area contributed by atoms with Gasteiger partial charge in [-0.2, -0.15) is 0 Å². The fraction of sp³-hybridized carbons (Fsp3) is 0.190. The van der Waals surface area contributed by atoms with Gasteiger partial charge in [-0.05, 0) is 34.7 Å². The Morgan fingerprint density at radius 2 is 1.56 bits per heavy atom. The number of aliphatic carboxylic acids is 1. The van der Waals surface area contributed by atoms with Crippen molar-refractivity contribution in [2.75, 3.05) is 0 Å². The Kier molecular flexibility index (Phi) is 5.88. The largest absolute Gasteiger partial charge is 0.480 e. The summed E-state index contributed by atoms with van der Waals surface area (Å²) >= 11 is 0. The van der Waals surface area contributed by atoms with Crippen LogP contribution in [0.3, 0.4) is 0 Å². The smallest absolute Gasteiger partial charge is 0.321 e. The molecule has 0 bridgehead atoms. The molecule has 2 N–H and O–H groups in total. The lowest BCUT2D eigenvalue weighted by molar-refractivity contribution is -0.139. The minimum atomic E-state index is -3.78. The molecule has 3 rings (SSSR count). The van der Waals surface area contributed by atoms with Crippen LogP contribution in [0.25, 0.3) is 10.8 Å². The first-order chi connectivity index (χ1) is 12.9. The average Bonchev–Trinajstić information content (AvgIpc) is 2.65. The highest BCUT2D eigenvalue weighted by molar-refractivity contribution is 7.88. The van der Waals surface area contributed by atoms with Crippen LogP contribution in [-0.4, -0.2) is 25.5 Å². The standard InChI is InChI=1S/C21H21NO4S/c23-21(24)20(13-11-16-6-2-1-3-7-16)22-27(25,26)15-17-10-12-18-8-4-5-9-19(18)14-17/h1-10,12,14,20,22H,11,13,15H2,(H,23,24)/t20-/m1/s1. The van der Waals surface area contributed by atoms with Gasteiger partial charge in [-0.15, -0.1) is 0 Å². The molecule has 0 heterocycles. The zero-order valence-corrected chi connectivity index (χ0v) is 15.5. The van der Waals surface area contributed by atoms with Crippen molar-refractivity contribution in [1.82, 2.24) is 4.72 Å². The van der Waals surface area contributed by atoms with Crippen LogP contribution < -0.4 is 4.72 Å². The highest BCUT2D eigenvalue weighted by Gasteiger charge is 2.24. The van der Waals surface area contributed by atoms with Gasteiger partial charge >= 0.3 is 5.97 Å². The molecule has 0 aliphatic heterocycles. The third-order valence-electron chi connectivity index (χ3n) is 4.35. The van der Waals surface area contributed by atoms with Gasteiger partial charge in [0.2, 0.25) is 10.0 Å². The Morgan fingerprint density at radius 3 is 2.26 bits per heavy atom. The van der Waals surface area contributed by atoms with Crippen LogP contribution in [0.4, 0.5) is 0 Å². The molecule has 0 radical (unpaired) electrons. The number of sulfonamides is 1. The van der Waals surface area contributed by atoms with Crippen molar-refractivity contribution in [3.8, 4) is 0 Å². The molecule has 5 nitrogen and oxygen atoms in total. The normalized spacial score (nSPS) is 12.7. The van der Waals surface area contributed by atoms with E-state index in [4.69, 9.17) is 0 Å². The molecular weight excluding hydrogens is 362 g/mol. The fourth-order valence-corrected chi connectivity index (χ4v) is 4.35. The quantitative estimate of drug-likeness (QED) is 0.625. The van der Waals surface area contributed by atoms with E-state index < -0.39 is 22.0 Å². The number of rotatable bonds is 8. The second-order valence-corrected chi connectivity index (χ2v) is 8.23. The molecule has 3 aromatic carbocycles. The summed E-state index contributed by atoms with van der Waals surface area (Å²) in [5.41, 5.74) is 1.59. The number of aryl methyl sites for hydroxylation is 1. The van der Waals surface area contributed by atoms with Gasteiger partial charge in [0.05, 0.1) is 5.75 Å². The monoisotopic (exact) mass is 383 g/mol. The summed E-state index contributed by atoms with van der Waals surface area (Å²) in [5.74, 6) is -1.43. The zero-order chi connectivity index (χ0) is 19.3. The predicted molar refractivity (Wildman–Crippen MR) is 106 cm³/mol. The lowest BCUT2D eigenvalue weighted by atomic mass is 10.1. The molecule has 27 heavy (non-hydrogen) atoms. The van der Waals surface area contributed by atoms with Crippen molar-refractivity contribution in [1.29, 1.82) is 0 Å². The number of benzene rings is 3. The van der Waals surface area contributed by atoms with E-state index >= 15 is 0 Å². The van der Waals surface area contributed by atoms with Gasteiger partial charge in [0.1, 0.15) is 6.04 Å². The third kappa shape index (κ3) is 5.39. The number of carbonyl (C=O) groups is 1. The SMILES string of the molecule is O=C(O)[C@@H](CCc1ccccc1)NS(=O)(=O)Cc1ccc2ccccc2c1. The summed E-state index contributed by atoms with van der Waals surface area (Å²) < 4.78 is 27.3. The van der Waals surface area contributed by atoms with Gasteiger partial charge < -0.3 is 5.11 Å². The number of hydrogen-bond acceptors (Lipinski definition) is 3. The lowest BCUT2D eigenvalue weighted by Gasteiger charge is -2.15. The molecule has 6 heteroatoms. The number of carboxylic acids is 1. The number of hydrogen-bond donors (Lipinski definition) is 2. The van der Waals surface area contributed by atoms with Crippen LogP contribution in [0.15, 0.2) is 72.8 Å². The van der Waals surface area contributed by atoms with E-state index in [9.17, 15) is 18.3 Å². The van der Waals surface area contributed by atoms with E-state index in [0.717, 1.165) is 16.3 Å². The summed E-state index contributed by atoms with van der Waals surface area (Å²) in [7, 11) is -3.78. The molecular formula is C21H21NO4S. The number of carboxylic acid groups (broad SMARTS) is 1. The summed E-state index contributed by atoms with van der Waals surface area (Å²) in [6.07, 6.45) is 0.673. The zero-order valence-electron chi connectivity index (χ0n) is 14.7. The van der Waals surface area contributed by atoms with Crippen molar-refractivity contribution >= 4 is 26.8 Å². The van der Waals surface area contributed by atoms with E-state index in [1.54, 1.807) is 6.07 Å². The molecule has 0 amide bonds. The van der Waals surface area contributed by atoms with Gasteiger partial charge in [0.25, 0.3) is 0 Å². The van der Waals surface area contributed by atoms with E-state index in [1.807, 2.05) is 66.7 Å². The maximum atomic E-state index is 12.5.